The fourth-order valence-corrected chi connectivity index (χ4v) is 2.65. The van der Waals surface area contributed by atoms with E-state index in [0.29, 0.717) is 12.5 Å². The number of hydrogen-bond donors (Lipinski definition) is 2. The molecular formula is C19H30F2IN5O2. The first kappa shape index (κ1) is 25.5. The number of carbonyl (C=O) groups is 1. The van der Waals surface area contributed by atoms with Gasteiger partial charge in [-0.25, -0.2) is 13.8 Å². The number of carbonyl (C=O) groups excluding carboxylic acids is 1. The van der Waals surface area contributed by atoms with Gasteiger partial charge in [-0.15, -0.1) is 24.0 Å². The fourth-order valence-electron chi connectivity index (χ4n) is 2.65. The molecule has 0 atom stereocenters. The van der Waals surface area contributed by atoms with Crippen molar-refractivity contribution < 1.29 is 18.3 Å². The van der Waals surface area contributed by atoms with E-state index in [0.717, 1.165) is 57.5 Å². The Morgan fingerprint density at radius 1 is 1.24 bits per heavy atom. The molecule has 1 saturated heterocycles. The Morgan fingerprint density at radius 3 is 2.66 bits per heavy atom. The zero-order valence-electron chi connectivity index (χ0n) is 16.9. The van der Waals surface area contributed by atoms with Crippen LogP contribution in [-0.2, 0) is 16.1 Å². The van der Waals surface area contributed by atoms with Gasteiger partial charge >= 0.3 is 0 Å². The third-order valence-electron chi connectivity index (χ3n) is 4.37. The van der Waals surface area contributed by atoms with Gasteiger partial charge in [-0.05, 0) is 31.2 Å². The van der Waals surface area contributed by atoms with Gasteiger partial charge < -0.3 is 20.3 Å². The van der Waals surface area contributed by atoms with Crippen LogP contribution in [0.5, 0.6) is 0 Å². The van der Waals surface area contributed by atoms with Gasteiger partial charge in [0, 0.05) is 39.3 Å². The summed E-state index contributed by atoms with van der Waals surface area (Å²) in [7, 11) is 3.33. The number of rotatable bonds is 8. The van der Waals surface area contributed by atoms with Gasteiger partial charge in [0.2, 0.25) is 5.91 Å². The topological polar surface area (TPSA) is 69.2 Å². The molecule has 1 aromatic carbocycles. The first-order valence-corrected chi connectivity index (χ1v) is 9.42. The van der Waals surface area contributed by atoms with Gasteiger partial charge in [-0.2, -0.15) is 0 Å². The van der Waals surface area contributed by atoms with Gasteiger partial charge in [0.25, 0.3) is 0 Å². The lowest BCUT2D eigenvalue weighted by molar-refractivity contribution is -0.127. The highest BCUT2D eigenvalue weighted by atomic mass is 127. The molecule has 0 radical (unpaired) electrons. The summed E-state index contributed by atoms with van der Waals surface area (Å²) in [5, 5.41) is 6.09. The smallest absolute Gasteiger partial charge is 0.241 e. The lowest BCUT2D eigenvalue weighted by Crippen LogP contribution is -2.44. The van der Waals surface area contributed by atoms with Gasteiger partial charge in [0.05, 0.1) is 26.3 Å². The Kier molecular flexibility index (Phi) is 12.0. The number of hydrogen-bond acceptors (Lipinski definition) is 4. The Bertz CT molecular complexity index is 670. The van der Waals surface area contributed by atoms with Crippen molar-refractivity contribution in [1.82, 2.24) is 20.4 Å². The van der Waals surface area contributed by atoms with E-state index in [1.807, 2.05) is 0 Å². The van der Waals surface area contributed by atoms with Crippen molar-refractivity contribution in [2.75, 3.05) is 60.0 Å². The van der Waals surface area contributed by atoms with Crippen LogP contribution in [0.25, 0.3) is 0 Å². The van der Waals surface area contributed by atoms with Crippen LogP contribution in [0.3, 0.4) is 0 Å². The zero-order valence-corrected chi connectivity index (χ0v) is 19.2. The van der Waals surface area contributed by atoms with E-state index in [1.165, 1.54) is 4.90 Å². The van der Waals surface area contributed by atoms with E-state index in [1.54, 1.807) is 14.1 Å². The summed E-state index contributed by atoms with van der Waals surface area (Å²) < 4.78 is 32.5. The molecule has 7 nitrogen and oxygen atoms in total. The Balaban J connectivity index is 0.00000420. The Hall–Kier alpha value is -1.53. The Labute approximate surface area is 187 Å². The summed E-state index contributed by atoms with van der Waals surface area (Å²) in [6, 6.07) is 3.28. The monoisotopic (exact) mass is 525 g/mol. The number of halogens is 3. The molecule has 1 heterocycles. The highest BCUT2D eigenvalue weighted by Gasteiger charge is 2.10. The molecule has 0 spiro atoms. The van der Waals surface area contributed by atoms with Crippen LogP contribution in [0.2, 0.25) is 0 Å². The first-order chi connectivity index (χ1) is 13.5. The molecule has 0 bridgehead atoms. The molecule has 29 heavy (non-hydrogen) atoms. The summed E-state index contributed by atoms with van der Waals surface area (Å²) in [4.78, 5) is 19.9. The van der Waals surface area contributed by atoms with E-state index in [2.05, 4.69) is 20.5 Å². The maximum atomic E-state index is 13.8. The SMILES string of the molecule is CN(C)C(=O)CNC(=NCc1cc(F)ccc1F)NCCCN1CCOCC1.I. The summed E-state index contributed by atoms with van der Waals surface area (Å²) in [5.74, 6) is -0.746. The van der Waals surface area contributed by atoms with Crippen LogP contribution in [0, 0.1) is 11.6 Å². The molecule has 0 saturated carbocycles. The number of guanidine groups is 1. The predicted molar refractivity (Wildman–Crippen MR) is 119 cm³/mol. The lowest BCUT2D eigenvalue weighted by Gasteiger charge is -2.26. The average molecular weight is 525 g/mol. The quantitative estimate of drug-likeness (QED) is 0.233. The number of morpholine rings is 1. The maximum Gasteiger partial charge on any atom is 0.241 e. The number of nitrogens with one attached hydrogen (secondary N) is 2. The molecule has 1 fully saturated rings. The minimum absolute atomic E-state index is 0. The Morgan fingerprint density at radius 2 is 1.97 bits per heavy atom. The normalized spacial score (nSPS) is 14.8. The molecule has 2 N–H and O–H groups in total. The summed E-state index contributed by atoms with van der Waals surface area (Å²) in [5.41, 5.74) is 0.161. The second kappa shape index (κ2) is 13.6. The summed E-state index contributed by atoms with van der Waals surface area (Å²) in [6.07, 6.45) is 0.886. The standard InChI is InChI=1S/C19H29F2N5O2.HI/c1-25(2)18(27)14-24-19(22-6-3-7-26-8-10-28-11-9-26)23-13-15-12-16(20)4-5-17(15)21;/h4-5,12H,3,6-11,13-14H2,1-2H3,(H2,22,23,24);1H. The van der Waals surface area contributed by atoms with Gasteiger partial charge in [-0.1, -0.05) is 0 Å². The highest BCUT2D eigenvalue weighted by Crippen LogP contribution is 2.10. The number of ether oxygens (including phenoxy) is 1. The van der Waals surface area contributed by atoms with Crippen LogP contribution in [0.4, 0.5) is 8.78 Å². The van der Waals surface area contributed by atoms with Gasteiger partial charge in [0.1, 0.15) is 11.6 Å². The molecule has 1 amide bonds. The minimum Gasteiger partial charge on any atom is -0.379 e. The third kappa shape index (κ3) is 9.68. The number of nitrogens with zero attached hydrogens (tertiary/aromatic N) is 3. The average Bonchev–Trinajstić information content (AvgIpc) is 2.69. The number of likely N-dealkylation sites (N-methyl/N-ethyl adjacent to an activating group) is 1. The van der Waals surface area contributed by atoms with Gasteiger partial charge in [0.15, 0.2) is 5.96 Å². The van der Waals surface area contributed by atoms with E-state index >= 15 is 0 Å². The van der Waals surface area contributed by atoms with Crippen LogP contribution in [-0.4, -0.2) is 81.7 Å². The lowest BCUT2D eigenvalue weighted by atomic mass is 10.2. The van der Waals surface area contributed by atoms with Crippen LogP contribution >= 0.6 is 24.0 Å². The zero-order chi connectivity index (χ0) is 20.4. The van der Waals surface area contributed by atoms with Crippen molar-refractivity contribution in [3.8, 4) is 0 Å². The maximum absolute atomic E-state index is 13.8. The second-order valence-corrected chi connectivity index (χ2v) is 6.78. The van der Waals surface area contributed by atoms with Crippen LogP contribution in [0.15, 0.2) is 23.2 Å². The summed E-state index contributed by atoms with van der Waals surface area (Å²) in [6.45, 7) is 4.97. The molecular weight excluding hydrogens is 495 g/mol. The summed E-state index contributed by atoms with van der Waals surface area (Å²) >= 11 is 0. The van der Waals surface area contributed by atoms with E-state index < -0.39 is 11.6 Å². The molecule has 0 aromatic heterocycles. The van der Waals surface area contributed by atoms with E-state index in [9.17, 15) is 13.6 Å². The van der Waals surface area contributed by atoms with Crippen molar-refractivity contribution in [1.29, 1.82) is 0 Å². The van der Waals surface area contributed by atoms with Crippen molar-refractivity contribution >= 4 is 35.8 Å². The molecule has 1 aliphatic rings. The molecule has 0 aliphatic carbocycles. The molecule has 1 aromatic rings. The second-order valence-electron chi connectivity index (χ2n) is 6.78. The first-order valence-electron chi connectivity index (χ1n) is 9.42. The molecule has 0 unspecified atom stereocenters. The van der Waals surface area contributed by atoms with Crippen molar-refractivity contribution in [2.45, 2.75) is 13.0 Å². The molecule has 164 valence electrons. The highest BCUT2D eigenvalue weighted by molar-refractivity contribution is 14.0. The number of aliphatic imine (C=N–C) groups is 1. The van der Waals surface area contributed by atoms with Crippen LogP contribution in [0.1, 0.15) is 12.0 Å². The predicted octanol–water partition coefficient (Wildman–Crippen LogP) is 1.43. The van der Waals surface area contributed by atoms with Gasteiger partial charge in [-0.3, -0.25) is 9.69 Å². The largest absolute Gasteiger partial charge is 0.379 e. The third-order valence-corrected chi connectivity index (χ3v) is 4.37. The fraction of sp³-hybridized carbons (Fsp3) is 0.579. The van der Waals surface area contributed by atoms with Crippen LogP contribution < -0.4 is 10.6 Å². The van der Waals surface area contributed by atoms with E-state index in [-0.39, 0.29) is 48.5 Å². The number of benzene rings is 1. The number of amides is 1. The van der Waals surface area contributed by atoms with Crippen molar-refractivity contribution in [3.05, 3.63) is 35.4 Å². The van der Waals surface area contributed by atoms with E-state index in [4.69, 9.17) is 4.74 Å². The van der Waals surface area contributed by atoms with Crippen molar-refractivity contribution in [3.63, 3.8) is 0 Å². The molecule has 10 heteroatoms. The minimum atomic E-state index is -0.513. The van der Waals surface area contributed by atoms with Crippen molar-refractivity contribution in [2.24, 2.45) is 4.99 Å². The molecule has 1 aliphatic heterocycles. The molecule has 2 rings (SSSR count).